The number of carbonyl (C=O) groups is 1. The van der Waals surface area contributed by atoms with Gasteiger partial charge < -0.3 is 10.1 Å². The quantitative estimate of drug-likeness (QED) is 0.787. The second-order valence-corrected chi connectivity index (χ2v) is 8.40. The number of amides is 1. The van der Waals surface area contributed by atoms with Crippen molar-refractivity contribution in [3.8, 4) is 5.75 Å². The number of para-hydroxylation sites is 2. The van der Waals surface area contributed by atoms with E-state index in [0.717, 1.165) is 19.7 Å². The van der Waals surface area contributed by atoms with E-state index in [2.05, 4.69) is 5.32 Å². The summed E-state index contributed by atoms with van der Waals surface area (Å²) >= 11 is 0. The summed E-state index contributed by atoms with van der Waals surface area (Å²) in [6, 6.07) is 12.4. The molecule has 0 aliphatic carbocycles. The van der Waals surface area contributed by atoms with Crippen LogP contribution in [0.4, 0.5) is 11.4 Å². The van der Waals surface area contributed by atoms with Crippen molar-refractivity contribution in [2.24, 2.45) is 0 Å². The van der Waals surface area contributed by atoms with Crippen molar-refractivity contribution in [1.29, 1.82) is 0 Å². The van der Waals surface area contributed by atoms with Crippen molar-refractivity contribution < 1.29 is 17.9 Å². The zero-order chi connectivity index (χ0) is 20.2. The lowest BCUT2D eigenvalue weighted by Gasteiger charge is -2.28. The number of rotatable bonds is 7. The molecule has 0 spiro atoms. The van der Waals surface area contributed by atoms with E-state index in [9.17, 15) is 13.2 Å². The van der Waals surface area contributed by atoms with Gasteiger partial charge in [-0.25, -0.2) is 4.31 Å². The van der Waals surface area contributed by atoms with Crippen molar-refractivity contribution in [2.45, 2.75) is 13.8 Å². The molecular formula is C19H25N3O4S. The lowest BCUT2D eigenvalue weighted by Crippen LogP contribution is -2.44. The Morgan fingerprint density at radius 3 is 2.41 bits per heavy atom. The third-order valence-electron chi connectivity index (χ3n) is 4.04. The fraction of sp³-hybridized carbons (Fsp3) is 0.316. The highest BCUT2D eigenvalue weighted by molar-refractivity contribution is 7.90. The molecule has 146 valence electrons. The molecule has 0 fully saturated rings. The van der Waals surface area contributed by atoms with Crippen molar-refractivity contribution >= 4 is 27.5 Å². The lowest BCUT2D eigenvalue weighted by atomic mass is 10.1. The maximum Gasteiger partial charge on any atom is 0.304 e. The standard InChI is InChI=1S/C19H25N3O4S/c1-14-10-11-15(2)17(12-14)22(27(24,25)21(3)4)13-19(23)20-16-8-6-7-9-18(16)26-5/h6-12H,13H2,1-5H3,(H,20,23). The summed E-state index contributed by atoms with van der Waals surface area (Å²) in [6.45, 7) is 3.33. The fourth-order valence-electron chi connectivity index (χ4n) is 2.54. The topological polar surface area (TPSA) is 79.0 Å². The predicted molar refractivity (Wildman–Crippen MR) is 107 cm³/mol. The van der Waals surface area contributed by atoms with E-state index < -0.39 is 16.1 Å². The van der Waals surface area contributed by atoms with E-state index in [1.807, 2.05) is 26.0 Å². The Morgan fingerprint density at radius 2 is 1.78 bits per heavy atom. The molecule has 0 saturated heterocycles. The molecule has 2 aromatic carbocycles. The fourth-order valence-corrected chi connectivity index (χ4v) is 3.66. The summed E-state index contributed by atoms with van der Waals surface area (Å²) in [5.74, 6) is 0.0328. The molecule has 0 saturated carbocycles. The van der Waals surface area contributed by atoms with Crippen LogP contribution in [0, 0.1) is 13.8 Å². The molecular weight excluding hydrogens is 366 g/mol. The minimum absolute atomic E-state index is 0.358. The Hall–Kier alpha value is -2.58. The first-order valence-corrected chi connectivity index (χ1v) is 9.77. The van der Waals surface area contributed by atoms with Gasteiger partial charge in [0, 0.05) is 14.1 Å². The molecule has 0 aliphatic heterocycles. The van der Waals surface area contributed by atoms with E-state index in [0.29, 0.717) is 17.1 Å². The zero-order valence-corrected chi connectivity index (χ0v) is 17.0. The molecule has 2 aromatic rings. The van der Waals surface area contributed by atoms with Gasteiger partial charge in [0.05, 0.1) is 18.5 Å². The van der Waals surface area contributed by atoms with Crippen LogP contribution in [0.3, 0.4) is 0 Å². The number of aryl methyl sites for hydroxylation is 2. The summed E-state index contributed by atoms with van der Waals surface area (Å²) in [5, 5.41) is 2.72. The van der Waals surface area contributed by atoms with Crippen LogP contribution in [0.25, 0.3) is 0 Å². The Labute approximate surface area is 160 Å². The highest BCUT2D eigenvalue weighted by atomic mass is 32.2. The maximum absolute atomic E-state index is 12.9. The van der Waals surface area contributed by atoms with Crippen LogP contribution < -0.4 is 14.4 Å². The van der Waals surface area contributed by atoms with Gasteiger partial charge in [-0.2, -0.15) is 12.7 Å². The number of anilines is 2. The molecule has 8 heteroatoms. The Kier molecular flexibility index (Phi) is 6.45. The monoisotopic (exact) mass is 391 g/mol. The van der Waals surface area contributed by atoms with Gasteiger partial charge in [-0.15, -0.1) is 0 Å². The van der Waals surface area contributed by atoms with E-state index in [1.54, 1.807) is 30.3 Å². The number of ether oxygens (including phenoxy) is 1. The molecule has 27 heavy (non-hydrogen) atoms. The van der Waals surface area contributed by atoms with E-state index in [-0.39, 0.29) is 6.54 Å². The SMILES string of the molecule is COc1ccccc1NC(=O)CN(c1cc(C)ccc1C)S(=O)(=O)N(C)C. The number of nitrogens with one attached hydrogen (secondary N) is 1. The average Bonchev–Trinajstić information content (AvgIpc) is 2.62. The van der Waals surface area contributed by atoms with Gasteiger partial charge in [-0.05, 0) is 43.2 Å². The number of benzene rings is 2. The van der Waals surface area contributed by atoms with Gasteiger partial charge in [0.1, 0.15) is 12.3 Å². The molecule has 1 amide bonds. The van der Waals surface area contributed by atoms with Gasteiger partial charge in [0.25, 0.3) is 0 Å². The Balaban J connectivity index is 2.38. The predicted octanol–water partition coefficient (Wildman–Crippen LogP) is 2.56. The lowest BCUT2D eigenvalue weighted by molar-refractivity contribution is -0.114. The van der Waals surface area contributed by atoms with Crippen LogP contribution in [-0.4, -0.2) is 46.4 Å². The number of hydrogen-bond acceptors (Lipinski definition) is 4. The number of hydrogen-bond donors (Lipinski definition) is 1. The van der Waals surface area contributed by atoms with Crippen LogP contribution >= 0.6 is 0 Å². The maximum atomic E-state index is 12.9. The summed E-state index contributed by atoms with van der Waals surface area (Å²) in [5.41, 5.74) is 2.61. The molecule has 0 aromatic heterocycles. The van der Waals surface area contributed by atoms with Gasteiger partial charge in [-0.3, -0.25) is 4.79 Å². The molecule has 0 unspecified atom stereocenters. The first kappa shape index (κ1) is 20.7. The molecule has 0 atom stereocenters. The van der Waals surface area contributed by atoms with Crippen molar-refractivity contribution in [3.05, 3.63) is 53.6 Å². The minimum atomic E-state index is -3.86. The van der Waals surface area contributed by atoms with Gasteiger partial charge in [0.15, 0.2) is 0 Å². The number of methoxy groups -OCH3 is 1. The first-order valence-electron chi connectivity index (χ1n) is 8.37. The highest BCUT2D eigenvalue weighted by Crippen LogP contribution is 2.26. The molecule has 0 heterocycles. The van der Waals surface area contributed by atoms with Crippen LogP contribution in [0.2, 0.25) is 0 Å². The van der Waals surface area contributed by atoms with Crippen LogP contribution in [0.15, 0.2) is 42.5 Å². The first-order chi connectivity index (χ1) is 12.7. The van der Waals surface area contributed by atoms with E-state index >= 15 is 0 Å². The van der Waals surface area contributed by atoms with E-state index in [4.69, 9.17) is 4.74 Å². The Morgan fingerprint density at radius 1 is 1.11 bits per heavy atom. The second kappa shape index (κ2) is 8.41. The highest BCUT2D eigenvalue weighted by Gasteiger charge is 2.28. The van der Waals surface area contributed by atoms with E-state index in [1.165, 1.54) is 21.2 Å². The summed E-state index contributed by atoms with van der Waals surface area (Å²) in [7, 11) is 0.516. The van der Waals surface area contributed by atoms with Crippen LogP contribution in [0.5, 0.6) is 5.75 Å². The van der Waals surface area contributed by atoms with Crippen molar-refractivity contribution in [3.63, 3.8) is 0 Å². The van der Waals surface area contributed by atoms with Crippen molar-refractivity contribution in [1.82, 2.24) is 4.31 Å². The molecule has 2 rings (SSSR count). The zero-order valence-electron chi connectivity index (χ0n) is 16.2. The molecule has 0 aliphatic rings. The van der Waals surface area contributed by atoms with Gasteiger partial charge in [-0.1, -0.05) is 24.3 Å². The molecule has 7 nitrogen and oxygen atoms in total. The Bertz CT molecular complexity index is 926. The molecule has 0 bridgehead atoms. The third kappa shape index (κ3) is 4.78. The number of nitrogens with zero attached hydrogens (tertiary/aromatic N) is 2. The molecule has 0 radical (unpaired) electrons. The number of carbonyl (C=O) groups excluding carboxylic acids is 1. The smallest absolute Gasteiger partial charge is 0.304 e. The third-order valence-corrected chi connectivity index (χ3v) is 5.85. The van der Waals surface area contributed by atoms with Gasteiger partial charge in [0.2, 0.25) is 5.91 Å². The van der Waals surface area contributed by atoms with Crippen LogP contribution in [-0.2, 0) is 15.0 Å². The molecule has 1 N–H and O–H groups in total. The largest absolute Gasteiger partial charge is 0.495 e. The minimum Gasteiger partial charge on any atom is -0.495 e. The van der Waals surface area contributed by atoms with Crippen LogP contribution in [0.1, 0.15) is 11.1 Å². The van der Waals surface area contributed by atoms with Gasteiger partial charge >= 0.3 is 10.2 Å². The summed E-state index contributed by atoms with van der Waals surface area (Å²) in [4.78, 5) is 12.6. The average molecular weight is 391 g/mol. The van der Waals surface area contributed by atoms with Crippen molar-refractivity contribution in [2.75, 3.05) is 37.4 Å². The summed E-state index contributed by atoms with van der Waals surface area (Å²) < 4.78 is 33.1. The normalized spacial score (nSPS) is 11.3. The summed E-state index contributed by atoms with van der Waals surface area (Å²) in [6.07, 6.45) is 0. The second-order valence-electron chi connectivity index (χ2n) is 6.34.